The van der Waals surface area contributed by atoms with Crippen molar-refractivity contribution in [1.82, 2.24) is 0 Å². The van der Waals surface area contributed by atoms with E-state index in [1.54, 1.807) is 23.1 Å². The minimum absolute atomic E-state index is 0.0361. The molecule has 2 aromatic rings. The Morgan fingerprint density at radius 1 is 1.15 bits per heavy atom. The highest BCUT2D eigenvalue weighted by atomic mass is 32.2. The summed E-state index contributed by atoms with van der Waals surface area (Å²) in [4.78, 5) is 17.4. The molecule has 2 heterocycles. The van der Waals surface area contributed by atoms with Crippen LogP contribution < -0.4 is 0 Å². The van der Waals surface area contributed by atoms with E-state index < -0.39 is 0 Å². The second-order valence-electron chi connectivity index (χ2n) is 4.09. The van der Waals surface area contributed by atoms with E-state index in [0.29, 0.717) is 5.70 Å². The summed E-state index contributed by atoms with van der Waals surface area (Å²) in [5.41, 5.74) is 1.79. The Morgan fingerprint density at radius 2 is 2.00 bits per heavy atom. The summed E-state index contributed by atoms with van der Waals surface area (Å²) in [6.07, 6.45) is 1.86. The Bertz CT molecular complexity index is 660. The third kappa shape index (κ3) is 3.42. The lowest BCUT2D eigenvalue weighted by atomic mass is 10.2. The van der Waals surface area contributed by atoms with Crippen LogP contribution in [0.25, 0.3) is 6.08 Å². The van der Waals surface area contributed by atoms with Gasteiger partial charge in [0.05, 0.1) is 0 Å². The van der Waals surface area contributed by atoms with Crippen LogP contribution in [-0.2, 0) is 10.5 Å². The molecule has 2 nitrogen and oxygen atoms in total. The lowest BCUT2D eigenvalue weighted by Crippen LogP contribution is -1.87. The molecule has 1 aliphatic heterocycles. The molecule has 1 aliphatic rings. The molecule has 0 saturated heterocycles. The SMILES string of the molecule is O=C1SC(SCc2ccccc2)=N/C1=C\c1cccs1. The predicted molar refractivity (Wildman–Crippen MR) is 90.1 cm³/mol. The van der Waals surface area contributed by atoms with Gasteiger partial charge in [-0.2, -0.15) is 0 Å². The number of hydrogen-bond acceptors (Lipinski definition) is 5. The van der Waals surface area contributed by atoms with Gasteiger partial charge in [0.2, 0.25) is 5.12 Å². The highest BCUT2D eigenvalue weighted by molar-refractivity contribution is 8.45. The predicted octanol–water partition coefficient (Wildman–Crippen LogP) is 4.65. The Kier molecular flexibility index (Phi) is 4.40. The maximum absolute atomic E-state index is 11.9. The van der Waals surface area contributed by atoms with Crippen molar-refractivity contribution < 1.29 is 4.79 Å². The summed E-state index contributed by atoms with van der Waals surface area (Å²) in [5.74, 6) is 0.840. The van der Waals surface area contributed by atoms with Crippen LogP contribution in [0.3, 0.4) is 0 Å². The highest BCUT2D eigenvalue weighted by Crippen LogP contribution is 2.32. The number of carbonyl (C=O) groups is 1. The van der Waals surface area contributed by atoms with E-state index in [1.165, 1.54) is 17.3 Å². The van der Waals surface area contributed by atoms with Gasteiger partial charge in [0.15, 0.2) is 0 Å². The molecule has 0 saturated carbocycles. The first-order chi connectivity index (χ1) is 9.81. The molecule has 0 bridgehead atoms. The summed E-state index contributed by atoms with van der Waals surface area (Å²) in [7, 11) is 0. The maximum atomic E-state index is 11.9. The van der Waals surface area contributed by atoms with E-state index in [1.807, 2.05) is 41.8 Å². The monoisotopic (exact) mass is 317 g/mol. The minimum atomic E-state index is 0.0361. The van der Waals surface area contributed by atoms with Gasteiger partial charge >= 0.3 is 0 Å². The normalized spacial score (nSPS) is 16.7. The first kappa shape index (κ1) is 13.7. The van der Waals surface area contributed by atoms with Gasteiger partial charge in [-0.05, 0) is 34.8 Å². The summed E-state index contributed by atoms with van der Waals surface area (Å²) < 4.78 is 0.835. The molecule has 0 N–H and O–H groups in total. The van der Waals surface area contributed by atoms with E-state index >= 15 is 0 Å². The van der Waals surface area contributed by atoms with Crippen LogP contribution in [0.1, 0.15) is 10.4 Å². The van der Waals surface area contributed by atoms with Crippen molar-refractivity contribution in [2.45, 2.75) is 5.75 Å². The number of thiophene rings is 1. The maximum Gasteiger partial charge on any atom is 0.244 e. The second-order valence-corrected chi connectivity index (χ2v) is 7.25. The molecule has 0 radical (unpaired) electrons. The molecule has 0 spiro atoms. The van der Waals surface area contributed by atoms with Crippen molar-refractivity contribution in [2.75, 3.05) is 0 Å². The Balaban J connectivity index is 1.68. The quantitative estimate of drug-likeness (QED) is 0.772. The molecule has 0 amide bonds. The number of rotatable bonds is 3. The molecule has 0 fully saturated rings. The van der Waals surface area contributed by atoms with Crippen LogP contribution in [0.4, 0.5) is 0 Å². The zero-order valence-electron chi connectivity index (χ0n) is 10.5. The molecule has 3 rings (SSSR count). The average Bonchev–Trinajstić information content (AvgIpc) is 3.09. The number of nitrogens with zero attached hydrogens (tertiary/aromatic N) is 1. The Labute approximate surface area is 130 Å². The zero-order chi connectivity index (χ0) is 13.8. The molecule has 0 atom stereocenters. The number of thioether (sulfide) groups is 2. The highest BCUT2D eigenvalue weighted by Gasteiger charge is 2.22. The largest absolute Gasteiger partial charge is 0.279 e. The van der Waals surface area contributed by atoms with Gasteiger partial charge in [0.25, 0.3) is 0 Å². The van der Waals surface area contributed by atoms with Gasteiger partial charge in [-0.15, -0.1) is 11.3 Å². The number of carbonyl (C=O) groups excluding carboxylic acids is 1. The van der Waals surface area contributed by atoms with Gasteiger partial charge in [0, 0.05) is 10.6 Å². The number of benzene rings is 1. The molecule has 1 aromatic carbocycles. The van der Waals surface area contributed by atoms with Gasteiger partial charge < -0.3 is 0 Å². The van der Waals surface area contributed by atoms with Crippen LogP contribution in [0.2, 0.25) is 0 Å². The van der Waals surface area contributed by atoms with Gasteiger partial charge in [-0.25, -0.2) is 4.99 Å². The third-order valence-electron chi connectivity index (χ3n) is 2.63. The summed E-state index contributed by atoms with van der Waals surface area (Å²) in [6, 6.07) is 14.2. The topological polar surface area (TPSA) is 29.4 Å². The van der Waals surface area contributed by atoms with Crippen LogP contribution >= 0.6 is 34.9 Å². The van der Waals surface area contributed by atoms with Crippen LogP contribution in [0, 0.1) is 0 Å². The van der Waals surface area contributed by atoms with E-state index in [9.17, 15) is 4.79 Å². The van der Waals surface area contributed by atoms with Crippen LogP contribution in [0.5, 0.6) is 0 Å². The average molecular weight is 317 g/mol. The van der Waals surface area contributed by atoms with E-state index in [-0.39, 0.29) is 5.12 Å². The summed E-state index contributed by atoms with van der Waals surface area (Å²) >= 11 is 4.45. The molecular formula is C15H11NOS3. The van der Waals surface area contributed by atoms with Gasteiger partial charge in [-0.3, -0.25) is 4.79 Å². The molecule has 1 aromatic heterocycles. The molecule has 20 heavy (non-hydrogen) atoms. The lowest BCUT2D eigenvalue weighted by Gasteiger charge is -1.98. The van der Waals surface area contributed by atoms with Crippen molar-refractivity contribution in [3.05, 3.63) is 64.0 Å². The first-order valence-electron chi connectivity index (χ1n) is 6.04. The summed E-state index contributed by atoms with van der Waals surface area (Å²) in [5, 5.41) is 2.03. The fourth-order valence-electron chi connectivity index (χ4n) is 1.68. The van der Waals surface area contributed by atoms with Crippen molar-refractivity contribution in [1.29, 1.82) is 0 Å². The standard InChI is InChI=1S/C15H11NOS3/c17-14-13(9-12-7-4-8-18-12)16-15(20-14)19-10-11-5-2-1-3-6-11/h1-9H,10H2/b13-9-. The number of hydrogen-bond donors (Lipinski definition) is 0. The first-order valence-corrected chi connectivity index (χ1v) is 8.72. The Morgan fingerprint density at radius 3 is 2.75 bits per heavy atom. The third-order valence-corrected chi connectivity index (χ3v) is 5.53. The van der Waals surface area contributed by atoms with Crippen LogP contribution in [0.15, 0.2) is 58.5 Å². The van der Waals surface area contributed by atoms with Crippen molar-refractivity contribution in [3.63, 3.8) is 0 Å². The second kappa shape index (κ2) is 6.43. The Hall–Kier alpha value is -1.30. The van der Waals surface area contributed by atoms with E-state index in [2.05, 4.69) is 17.1 Å². The molecule has 5 heteroatoms. The van der Waals surface area contributed by atoms with E-state index in [0.717, 1.165) is 15.0 Å². The lowest BCUT2D eigenvalue weighted by molar-refractivity contribution is -0.107. The smallest absolute Gasteiger partial charge is 0.244 e. The van der Waals surface area contributed by atoms with Gasteiger partial charge in [0.1, 0.15) is 10.1 Å². The molecule has 0 unspecified atom stereocenters. The number of aliphatic imine (C=N–C) groups is 1. The zero-order valence-corrected chi connectivity index (χ0v) is 12.9. The molecular weight excluding hydrogens is 306 g/mol. The van der Waals surface area contributed by atoms with Crippen molar-refractivity contribution >= 4 is 50.4 Å². The van der Waals surface area contributed by atoms with E-state index in [4.69, 9.17) is 0 Å². The van der Waals surface area contributed by atoms with Crippen molar-refractivity contribution in [3.8, 4) is 0 Å². The fourth-order valence-corrected chi connectivity index (χ4v) is 4.13. The fraction of sp³-hybridized carbons (Fsp3) is 0.0667. The van der Waals surface area contributed by atoms with Gasteiger partial charge in [-0.1, -0.05) is 48.2 Å². The minimum Gasteiger partial charge on any atom is -0.279 e. The van der Waals surface area contributed by atoms with Crippen LogP contribution in [-0.4, -0.2) is 9.49 Å². The summed E-state index contributed by atoms with van der Waals surface area (Å²) in [6.45, 7) is 0. The molecule has 100 valence electrons. The molecule has 0 aliphatic carbocycles. The van der Waals surface area contributed by atoms with Crippen molar-refractivity contribution in [2.24, 2.45) is 4.99 Å².